The summed E-state index contributed by atoms with van der Waals surface area (Å²) in [6.45, 7) is 0.510. The lowest BCUT2D eigenvalue weighted by Crippen LogP contribution is -2.36. The molecule has 8 heteroatoms. The maximum Gasteiger partial charge on any atom is 0.251 e. The molecule has 0 spiro atoms. The molecular weight excluding hydrogens is 384 g/mol. The summed E-state index contributed by atoms with van der Waals surface area (Å²) in [5.74, 6) is 0.563. The van der Waals surface area contributed by atoms with Crippen LogP contribution in [-0.2, 0) is 11.3 Å². The van der Waals surface area contributed by atoms with Crippen LogP contribution in [0, 0.1) is 0 Å². The Bertz CT molecular complexity index is 747. The van der Waals surface area contributed by atoms with Crippen LogP contribution in [0.25, 0.3) is 0 Å². The molecule has 1 aliphatic heterocycles. The summed E-state index contributed by atoms with van der Waals surface area (Å²) in [6, 6.07) is 6.84. The number of carbonyl (C=O) groups is 2. The highest BCUT2D eigenvalue weighted by molar-refractivity contribution is 9.10. The largest absolute Gasteiger partial charge is 0.454 e. The number of hydrogen-bond donors (Lipinski definition) is 2. The third-order valence-electron chi connectivity index (χ3n) is 3.13. The first kappa shape index (κ1) is 15.8. The van der Waals surface area contributed by atoms with Crippen molar-refractivity contribution < 1.29 is 19.1 Å². The molecule has 0 saturated carbocycles. The predicted molar refractivity (Wildman–Crippen MR) is 88.8 cm³/mol. The molecule has 6 nitrogen and oxygen atoms in total. The monoisotopic (exact) mass is 396 g/mol. The quantitative estimate of drug-likeness (QED) is 0.812. The normalized spacial score (nSPS) is 12.0. The summed E-state index contributed by atoms with van der Waals surface area (Å²) in [5.41, 5.74) is 0.421. The van der Waals surface area contributed by atoms with Gasteiger partial charge in [-0.2, -0.15) is 0 Å². The zero-order valence-electron chi connectivity index (χ0n) is 11.9. The summed E-state index contributed by atoms with van der Waals surface area (Å²) < 4.78 is 11.4. The maximum atomic E-state index is 12.0. The van der Waals surface area contributed by atoms with E-state index in [-0.39, 0.29) is 25.2 Å². The lowest BCUT2D eigenvalue weighted by atomic mass is 10.2. The first-order chi connectivity index (χ1) is 11.1. The molecule has 1 aromatic heterocycles. The van der Waals surface area contributed by atoms with Crippen LogP contribution in [0.4, 0.5) is 0 Å². The molecule has 0 fully saturated rings. The molecule has 0 unspecified atom stereocenters. The Balaban J connectivity index is 1.47. The molecule has 23 heavy (non-hydrogen) atoms. The molecule has 0 bridgehead atoms. The van der Waals surface area contributed by atoms with Crippen LogP contribution in [0.15, 0.2) is 34.1 Å². The first-order valence-corrected chi connectivity index (χ1v) is 8.46. The number of rotatable bonds is 5. The predicted octanol–water partition coefficient (Wildman–Crippen LogP) is 2.29. The van der Waals surface area contributed by atoms with Gasteiger partial charge in [0.2, 0.25) is 12.7 Å². The van der Waals surface area contributed by atoms with E-state index in [4.69, 9.17) is 9.47 Å². The second-order valence-corrected chi connectivity index (χ2v) is 6.67. The lowest BCUT2D eigenvalue weighted by molar-refractivity contribution is -0.120. The molecule has 2 heterocycles. The highest BCUT2D eigenvalue weighted by atomic mass is 79.9. The number of thiophene rings is 1. The van der Waals surface area contributed by atoms with E-state index in [0.29, 0.717) is 23.6 Å². The van der Waals surface area contributed by atoms with Crippen LogP contribution in [0.5, 0.6) is 11.5 Å². The summed E-state index contributed by atoms with van der Waals surface area (Å²) in [7, 11) is 0. The van der Waals surface area contributed by atoms with Crippen molar-refractivity contribution in [2.75, 3.05) is 13.3 Å². The second-order valence-electron chi connectivity index (χ2n) is 4.76. The smallest absolute Gasteiger partial charge is 0.251 e. The van der Waals surface area contributed by atoms with E-state index in [2.05, 4.69) is 26.6 Å². The van der Waals surface area contributed by atoms with Crippen LogP contribution in [0.1, 0.15) is 15.2 Å². The van der Waals surface area contributed by atoms with Crippen molar-refractivity contribution >= 4 is 39.1 Å². The molecule has 2 N–H and O–H groups in total. The zero-order valence-corrected chi connectivity index (χ0v) is 14.3. The third kappa shape index (κ3) is 4.02. The van der Waals surface area contributed by atoms with Gasteiger partial charge < -0.3 is 20.1 Å². The number of hydrogen-bond acceptors (Lipinski definition) is 5. The van der Waals surface area contributed by atoms with Gasteiger partial charge in [0.25, 0.3) is 5.91 Å². The molecule has 2 aromatic rings. The molecule has 3 rings (SSSR count). The number of ether oxygens (including phenoxy) is 2. The van der Waals surface area contributed by atoms with E-state index < -0.39 is 0 Å². The van der Waals surface area contributed by atoms with Gasteiger partial charge in [0, 0.05) is 20.3 Å². The van der Waals surface area contributed by atoms with Gasteiger partial charge in [-0.3, -0.25) is 9.59 Å². The second kappa shape index (κ2) is 7.01. The highest BCUT2D eigenvalue weighted by Gasteiger charge is 2.16. The first-order valence-electron chi connectivity index (χ1n) is 6.79. The molecule has 1 aliphatic rings. The van der Waals surface area contributed by atoms with Crippen molar-refractivity contribution in [2.45, 2.75) is 6.54 Å². The van der Waals surface area contributed by atoms with Gasteiger partial charge in [-0.05, 0) is 40.2 Å². The molecule has 2 amide bonds. The van der Waals surface area contributed by atoms with Crippen LogP contribution in [-0.4, -0.2) is 25.2 Å². The maximum absolute atomic E-state index is 12.0. The fourth-order valence-corrected chi connectivity index (χ4v) is 3.39. The van der Waals surface area contributed by atoms with E-state index >= 15 is 0 Å². The van der Waals surface area contributed by atoms with Gasteiger partial charge in [0.1, 0.15) is 0 Å². The Kier molecular flexibility index (Phi) is 4.82. The van der Waals surface area contributed by atoms with Gasteiger partial charge in [0.05, 0.1) is 13.1 Å². The summed E-state index contributed by atoms with van der Waals surface area (Å²) in [5, 5.41) is 7.28. The Morgan fingerprint density at radius 2 is 2.00 bits per heavy atom. The van der Waals surface area contributed by atoms with Crippen molar-refractivity contribution in [1.29, 1.82) is 0 Å². The van der Waals surface area contributed by atoms with Gasteiger partial charge in [-0.25, -0.2) is 0 Å². The lowest BCUT2D eigenvalue weighted by Gasteiger charge is -2.07. The number of benzene rings is 1. The number of halogens is 1. The van der Waals surface area contributed by atoms with E-state index in [9.17, 15) is 9.59 Å². The standard InChI is InChI=1S/C15H13BrN2O4S/c16-10-4-11(23-7-10)5-17-14(19)6-18-15(20)9-1-2-12-13(3-9)22-8-21-12/h1-4,7H,5-6,8H2,(H,17,19)(H,18,20). The van der Waals surface area contributed by atoms with Gasteiger partial charge >= 0.3 is 0 Å². The molecule has 1 aromatic carbocycles. The number of fused-ring (bicyclic) bond motifs is 1. The van der Waals surface area contributed by atoms with E-state index in [1.807, 2.05) is 11.4 Å². The Labute approximate surface area is 144 Å². The van der Waals surface area contributed by atoms with E-state index in [1.54, 1.807) is 29.5 Å². The fraction of sp³-hybridized carbons (Fsp3) is 0.200. The minimum Gasteiger partial charge on any atom is -0.454 e. The van der Waals surface area contributed by atoms with Crippen LogP contribution in [0.3, 0.4) is 0 Å². The average molecular weight is 397 g/mol. The van der Waals surface area contributed by atoms with Crippen LogP contribution in [0.2, 0.25) is 0 Å². The Morgan fingerprint density at radius 3 is 2.78 bits per heavy atom. The highest BCUT2D eigenvalue weighted by Crippen LogP contribution is 2.32. The van der Waals surface area contributed by atoms with Gasteiger partial charge in [-0.15, -0.1) is 11.3 Å². The minimum absolute atomic E-state index is 0.0835. The summed E-state index contributed by atoms with van der Waals surface area (Å²) in [6.07, 6.45) is 0. The third-order valence-corrected chi connectivity index (χ3v) is 4.82. The zero-order chi connectivity index (χ0) is 16.2. The molecule has 0 saturated heterocycles. The molecular formula is C15H13BrN2O4S. The summed E-state index contributed by atoms with van der Waals surface area (Å²) in [4.78, 5) is 24.8. The molecule has 0 aliphatic carbocycles. The average Bonchev–Trinajstić information content (AvgIpc) is 3.18. The number of nitrogens with one attached hydrogen (secondary N) is 2. The Hall–Kier alpha value is -2.06. The number of amides is 2. The minimum atomic E-state index is -0.336. The van der Waals surface area contributed by atoms with Gasteiger partial charge in [-0.1, -0.05) is 0 Å². The fourth-order valence-electron chi connectivity index (χ4n) is 2.00. The van der Waals surface area contributed by atoms with Crippen molar-refractivity contribution in [2.24, 2.45) is 0 Å². The van der Waals surface area contributed by atoms with Gasteiger partial charge in [0.15, 0.2) is 11.5 Å². The molecule has 0 atom stereocenters. The summed E-state index contributed by atoms with van der Waals surface area (Å²) >= 11 is 4.91. The van der Waals surface area contributed by atoms with Crippen LogP contribution < -0.4 is 20.1 Å². The van der Waals surface area contributed by atoms with Crippen LogP contribution >= 0.6 is 27.3 Å². The van der Waals surface area contributed by atoms with Crippen molar-refractivity contribution in [1.82, 2.24) is 10.6 Å². The Morgan fingerprint density at radius 1 is 1.17 bits per heavy atom. The van der Waals surface area contributed by atoms with E-state index in [1.165, 1.54) is 0 Å². The van der Waals surface area contributed by atoms with Crippen molar-refractivity contribution in [3.8, 4) is 11.5 Å². The topological polar surface area (TPSA) is 76.7 Å². The number of carbonyl (C=O) groups excluding carboxylic acids is 2. The molecule has 120 valence electrons. The molecule has 0 radical (unpaired) electrons. The van der Waals surface area contributed by atoms with Crippen molar-refractivity contribution in [3.63, 3.8) is 0 Å². The van der Waals surface area contributed by atoms with Crippen molar-refractivity contribution in [3.05, 3.63) is 44.6 Å². The van der Waals surface area contributed by atoms with E-state index in [0.717, 1.165) is 9.35 Å². The SMILES string of the molecule is O=C(CNC(=O)c1ccc2c(c1)OCO2)NCc1cc(Br)cs1.